The van der Waals surface area contributed by atoms with Gasteiger partial charge in [-0.2, -0.15) is 5.26 Å². The first-order valence-corrected chi connectivity index (χ1v) is 8.29. The summed E-state index contributed by atoms with van der Waals surface area (Å²) in [6.45, 7) is 1.58. The van der Waals surface area contributed by atoms with Crippen LogP contribution in [0.25, 0.3) is 10.9 Å². The number of esters is 1. The lowest BCUT2D eigenvalue weighted by Crippen LogP contribution is -2.25. The molecule has 0 amide bonds. The zero-order chi connectivity index (χ0) is 19.7. The number of pyridine rings is 1. The van der Waals surface area contributed by atoms with Crippen LogP contribution in [0.1, 0.15) is 18.4 Å². The summed E-state index contributed by atoms with van der Waals surface area (Å²) >= 11 is 6.42. The Morgan fingerprint density at radius 3 is 2.74 bits per heavy atom. The SMILES string of the molecule is COC(=O)C1=C(C)OC(N)=C(C#N)C1c1cc2ccc(OC)cc2nc1Cl. The number of hydrogen-bond acceptors (Lipinski definition) is 7. The van der Waals surface area contributed by atoms with Gasteiger partial charge in [0.2, 0.25) is 5.88 Å². The molecule has 0 fully saturated rings. The molecule has 1 aliphatic heterocycles. The van der Waals surface area contributed by atoms with Gasteiger partial charge in [-0.3, -0.25) is 0 Å². The van der Waals surface area contributed by atoms with E-state index in [0.29, 0.717) is 16.8 Å². The van der Waals surface area contributed by atoms with Gasteiger partial charge >= 0.3 is 5.97 Å². The highest BCUT2D eigenvalue weighted by Crippen LogP contribution is 2.42. The van der Waals surface area contributed by atoms with Gasteiger partial charge in [0, 0.05) is 17.0 Å². The zero-order valence-electron chi connectivity index (χ0n) is 14.9. The molecule has 138 valence electrons. The standard InChI is InChI=1S/C19H16ClN3O4/c1-9-15(19(24)26-3)16(13(8-21)18(22)27-9)12-6-10-4-5-11(25-2)7-14(10)23-17(12)20/h4-7,16H,22H2,1-3H3. The molecule has 0 radical (unpaired) electrons. The van der Waals surface area contributed by atoms with E-state index in [1.54, 1.807) is 32.2 Å². The lowest BCUT2D eigenvalue weighted by atomic mass is 9.83. The van der Waals surface area contributed by atoms with Crippen molar-refractivity contribution in [1.29, 1.82) is 5.26 Å². The van der Waals surface area contributed by atoms with Crippen molar-refractivity contribution in [2.45, 2.75) is 12.8 Å². The van der Waals surface area contributed by atoms with Gasteiger partial charge in [0.25, 0.3) is 0 Å². The molecule has 2 N–H and O–H groups in total. The molecule has 0 aliphatic carbocycles. The second-order valence-corrected chi connectivity index (χ2v) is 6.17. The van der Waals surface area contributed by atoms with E-state index < -0.39 is 11.9 Å². The van der Waals surface area contributed by atoms with Gasteiger partial charge in [0.15, 0.2) is 0 Å². The smallest absolute Gasteiger partial charge is 0.338 e. The van der Waals surface area contributed by atoms with E-state index in [4.69, 9.17) is 31.5 Å². The van der Waals surface area contributed by atoms with Crippen LogP contribution in [-0.2, 0) is 14.3 Å². The van der Waals surface area contributed by atoms with Crippen molar-refractivity contribution in [2.75, 3.05) is 14.2 Å². The normalized spacial score (nSPS) is 16.8. The van der Waals surface area contributed by atoms with Crippen molar-refractivity contribution in [3.63, 3.8) is 0 Å². The molecule has 0 spiro atoms. The van der Waals surface area contributed by atoms with Crippen molar-refractivity contribution in [1.82, 2.24) is 4.98 Å². The van der Waals surface area contributed by atoms with E-state index in [2.05, 4.69) is 4.98 Å². The number of nitrogens with zero attached hydrogens (tertiary/aromatic N) is 2. The summed E-state index contributed by atoms with van der Waals surface area (Å²) in [5.74, 6) is -0.683. The number of carbonyl (C=O) groups excluding carboxylic acids is 1. The molecule has 2 heterocycles. The Morgan fingerprint density at radius 1 is 1.37 bits per heavy atom. The van der Waals surface area contributed by atoms with Crippen molar-refractivity contribution in [3.05, 3.63) is 57.8 Å². The Kier molecular flexibility index (Phi) is 4.93. The topological polar surface area (TPSA) is 107 Å². The quantitative estimate of drug-likeness (QED) is 0.638. The average Bonchev–Trinajstić information content (AvgIpc) is 2.65. The molecule has 2 aromatic rings. The van der Waals surface area contributed by atoms with Gasteiger partial charge in [-0.1, -0.05) is 11.6 Å². The number of rotatable bonds is 3. The second-order valence-electron chi connectivity index (χ2n) is 5.81. The molecule has 0 bridgehead atoms. The van der Waals surface area contributed by atoms with Crippen LogP contribution >= 0.6 is 11.6 Å². The van der Waals surface area contributed by atoms with Crippen LogP contribution in [0, 0.1) is 11.3 Å². The summed E-state index contributed by atoms with van der Waals surface area (Å²) in [5, 5.41) is 10.5. The summed E-state index contributed by atoms with van der Waals surface area (Å²) < 4.78 is 15.4. The third kappa shape index (κ3) is 3.15. The Balaban J connectivity index is 2.27. The highest BCUT2D eigenvalue weighted by molar-refractivity contribution is 6.30. The minimum absolute atomic E-state index is 0.0672. The molecule has 1 aromatic carbocycles. The monoisotopic (exact) mass is 385 g/mol. The molecule has 0 saturated carbocycles. The number of hydrogen-bond donors (Lipinski definition) is 1. The fraction of sp³-hybridized carbons (Fsp3) is 0.211. The van der Waals surface area contributed by atoms with Crippen LogP contribution in [0.15, 0.2) is 47.1 Å². The van der Waals surface area contributed by atoms with Crippen LogP contribution in [0.4, 0.5) is 0 Å². The number of ether oxygens (including phenoxy) is 3. The third-order valence-corrected chi connectivity index (χ3v) is 4.63. The average molecular weight is 386 g/mol. The summed E-state index contributed by atoms with van der Waals surface area (Å²) in [6, 6.07) is 9.11. The van der Waals surface area contributed by atoms with Crippen LogP contribution in [0.2, 0.25) is 5.15 Å². The number of halogens is 1. The van der Waals surface area contributed by atoms with E-state index in [-0.39, 0.29) is 27.9 Å². The molecule has 7 nitrogen and oxygen atoms in total. The number of allylic oxidation sites excluding steroid dienone is 2. The first-order chi connectivity index (χ1) is 12.9. The van der Waals surface area contributed by atoms with E-state index in [0.717, 1.165) is 5.39 Å². The number of carbonyl (C=O) groups is 1. The summed E-state index contributed by atoms with van der Waals surface area (Å²) in [7, 11) is 2.81. The van der Waals surface area contributed by atoms with Gasteiger partial charge < -0.3 is 19.9 Å². The Labute approximate surface area is 160 Å². The van der Waals surface area contributed by atoms with E-state index in [1.807, 2.05) is 12.1 Å². The molecule has 3 rings (SSSR count). The maximum Gasteiger partial charge on any atom is 0.338 e. The van der Waals surface area contributed by atoms with Crippen LogP contribution < -0.4 is 10.5 Å². The largest absolute Gasteiger partial charge is 0.497 e. The highest BCUT2D eigenvalue weighted by atomic mass is 35.5. The molecule has 1 aliphatic rings. The number of aromatic nitrogens is 1. The Morgan fingerprint density at radius 2 is 2.11 bits per heavy atom. The van der Waals surface area contributed by atoms with Crippen LogP contribution in [0.3, 0.4) is 0 Å². The maximum absolute atomic E-state index is 12.4. The van der Waals surface area contributed by atoms with Crippen LogP contribution in [-0.4, -0.2) is 25.2 Å². The number of fused-ring (bicyclic) bond motifs is 1. The molecular weight excluding hydrogens is 370 g/mol. The van der Waals surface area contributed by atoms with Gasteiger partial charge in [0.05, 0.1) is 31.2 Å². The molecular formula is C19H16ClN3O4. The van der Waals surface area contributed by atoms with Crippen molar-refractivity contribution < 1.29 is 19.0 Å². The molecule has 1 unspecified atom stereocenters. The van der Waals surface area contributed by atoms with Gasteiger partial charge in [-0.25, -0.2) is 9.78 Å². The van der Waals surface area contributed by atoms with E-state index in [1.165, 1.54) is 7.11 Å². The predicted molar refractivity (Wildman–Crippen MR) is 98.7 cm³/mol. The Hall–Kier alpha value is -3.24. The minimum atomic E-state index is -0.845. The predicted octanol–water partition coefficient (Wildman–Crippen LogP) is 3.15. The molecule has 0 saturated heterocycles. The summed E-state index contributed by atoms with van der Waals surface area (Å²) in [5.41, 5.74) is 7.17. The fourth-order valence-corrected chi connectivity index (χ4v) is 3.29. The maximum atomic E-state index is 12.4. The first-order valence-electron chi connectivity index (χ1n) is 7.92. The zero-order valence-corrected chi connectivity index (χ0v) is 15.6. The number of nitriles is 1. The lowest BCUT2D eigenvalue weighted by Gasteiger charge is -2.27. The summed E-state index contributed by atoms with van der Waals surface area (Å²) in [4.78, 5) is 16.8. The minimum Gasteiger partial charge on any atom is -0.497 e. The second kappa shape index (κ2) is 7.17. The Bertz CT molecular complexity index is 1050. The van der Waals surface area contributed by atoms with Crippen molar-refractivity contribution in [3.8, 4) is 11.8 Å². The van der Waals surface area contributed by atoms with Gasteiger partial charge in [-0.15, -0.1) is 0 Å². The van der Waals surface area contributed by atoms with E-state index >= 15 is 0 Å². The number of benzene rings is 1. The van der Waals surface area contributed by atoms with Gasteiger partial charge in [0.1, 0.15) is 28.3 Å². The highest BCUT2D eigenvalue weighted by Gasteiger charge is 2.37. The molecule has 1 aromatic heterocycles. The fourth-order valence-electron chi connectivity index (χ4n) is 3.04. The van der Waals surface area contributed by atoms with Gasteiger partial charge in [-0.05, 0) is 25.1 Å². The molecule has 1 atom stereocenters. The van der Waals surface area contributed by atoms with E-state index in [9.17, 15) is 10.1 Å². The summed E-state index contributed by atoms with van der Waals surface area (Å²) in [6.07, 6.45) is 0. The van der Waals surface area contributed by atoms with Crippen molar-refractivity contribution >= 4 is 28.5 Å². The molecule has 27 heavy (non-hydrogen) atoms. The molecule has 8 heteroatoms. The number of nitrogens with two attached hydrogens (primary N) is 1. The number of methoxy groups -OCH3 is 2. The van der Waals surface area contributed by atoms with Crippen molar-refractivity contribution in [2.24, 2.45) is 5.73 Å². The first kappa shape index (κ1) is 18.5. The third-order valence-electron chi connectivity index (χ3n) is 4.33. The lowest BCUT2D eigenvalue weighted by molar-refractivity contribution is -0.136. The van der Waals surface area contributed by atoms with Crippen LogP contribution in [0.5, 0.6) is 5.75 Å².